The lowest BCUT2D eigenvalue weighted by Crippen LogP contribution is -2.30. The fraction of sp³-hybridized carbons (Fsp3) is 0.300. The maximum atomic E-state index is 12.2. The third-order valence-electron chi connectivity index (χ3n) is 3.92. The number of hydrogen-bond donors (Lipinski definition) is 0. The summed E-state index contributed by atoms with van der Waals surface area (Å²) in [5.74, 6) is 0.0438. The number of carbonyl (C=O) groups excluding carboxylic acids is 2. The molecule has 144 valence electrons. The van der Waals surface area contributed by atoms with E-state index in [0.717, 1.165) is 10.5 Å². The highest BCUT2D eigenvalue weighted by molar-refractivity contribution is 7.98. The second-order valence-electron chi connectivity index (χ2n) is 5.78. The third kappa shape index (κ3) is 5.92. The van der Waals surface area contributed by atoms with Crippen molar-refractivity contribution in [3.8, 4) is 11.5 Å². The van der Waals surface area contributed by atoms with E-state index in [1.54, 1.807) is 24.9 Å². The molecule has 0 aliphatic carbocycles. The molecule has 0 spiro atoms. The summed E-state index contributed by atoms with van der Waals surface area (Å²) in [6.07, 6.45) is 2.01. The molecule has 0 N–H and O–H groups in total. The van der Waals surface area contributed by atoms with Gasteiger partial charge in [0.15, 0.2) is 6.61 Å². The minimum atomic E-state index is -0.613. The van der Waals surface area contributed by atoms with E-state index in [1.807, 2.05) is 30.5 Å². The summed E-state index contributed by atoms with van der Waals surface area (Å²) in [4.78, 5) is 27.2. The van der Waals surface area contributed by atoms with E-state index in [4.69, 9.17) is 14.2 Å². The van der Waals surface area contributed by atoms with E-state index in [0.29, 0.717) is 18.0 Å². The fourth-order valence-corrected chi connectivity index (χ4v) is 2.75. The molecule has 0 atom stereocenters. The van der Waals surface area contributed by atoms with Crippen LogP contribution in [0.15, 0.2) is 47.4 Å². The summed E-state index contributed by atoms with van der Waals surface area (Å²) in [7, 11) is 4.66. The van der Waals surface area contributed by atoms with E-state index >= 15 is 0 Å². The monoisotopic (exact) mass is 389 g/mol. The quantitative estimate of drug-likeness (QED) is 0.510. The van der Waals surface area contributed by atoms with Gasteiger partial charge in [-0.3, -0.25) is 4.79 Å². The summed E-state index contributed by atoms with van der Waals surface area (Å²) in [5, 5.41) is 0. The zero-order valence-corrected chi connectivity index (χ0v) is 16.7. The van der Waals surface area contributed by atoms with Gasteiger partial charge in [0.05, 0.1) is 19.8 Å². The van der Waals surface area contributed by atoms with Gasteiger partial charge in [-0.1, -0.05) is 12.1 Å². The van der Waals surface area contributed by atoms with Gasteiger partial charge in [0.25, 0.3) is 5.91 Å². The number of likely N-dealkylation sites (N-methyl/N-ethyl adjacent to an activating group) is 1. The Kier molecular flexibility index (Phi) is 7.55. The zero-order valence-electron chi connectivity index (χ0n) is 15.9. The molecule has 0 bridgehead atoms. The Morgan fingerprint density at radius 1 is 1.00 bits per heavy atom. The molecule has 2 aromatic carbocycles. The maximum absolute atomic E-state index is 12.2. The van der Waals surface area contributed by atoms with E-state index in [2.05, 4.69) is 0 Å². The molecule has 2 aromatic rings. The summed E-state index contributed by atoms with van der Waals surface area (Å²) in [5.41, 5.74) is 1.27. The Bertz CT molecular complexity index is 769. The van der Waals surface area contributed by atoms with Crippen LogP contribution in [0.25, 0.3) is 0 Å². The fourth-order valence-electron chi connectivity index (χ4n) is 2.34. The standard InChI is InChI=1S/C20H23NO5S/c1-21(12-14-5-7-18(27-4)8-6-14)19(22)13-26-20(23)15-9-16(24-2)11-17(10-15)25-3/h5-11H,12-13H2,1-4H3. The highest BCUT2D eigenvalue weighted by Gasteiger charge is 2.15. The van der Waals surface area contributed by atoms with Crippen LogP contribution in [0.2, 0.25) is 0 Å². The number of benzene rings is 2. The van der Waals surface area contributed by atoms with Crippen molar-refractivity contribution in [1.29, 1.82) is 0 Å². The summed E-state index contributed by atoms with van der Waals surface area (Å²) < 4.78 is 15.4. The first-order chi connectivity index (χ1) is 13.0. The number of esters is 1. The largest absolute Gasteiger partial charge is 0.497 e. The molecule has 2 rings (SSSR count). The number of nitrogens with zero attached hydrogens (tertiary/aromatic N) is 1. The van der Waals surface area contributed by atoms with Gasteiger partial charge in [-0.25, -0.2) is 4.79 Å². The lowest BCUT2D eigenvalue weighted by molar-refractivity contribution is -0.133. The minimum absolute atomic E-state index is 0.259. The smallest absolute Gasteiger partial charge is 0.338 e. The molecule has 1 amide bonds. The Labute approximate surface area is 163 Å². The minimum Gasteiger partial charge on any atom is -0.497 e. The van der Waals surface area contributed by atoms with Crippen LogP contribution in [0.1, 0.15) is 15.9 Å². The van der Waals surface area contributed by atoms with E-state index in [-0.39, 0.29) is 18.1 Å². The van der Waals surface area contributed by atoms with Crippen LogP contribution in [-0.2, 0) is 16.1 Å². The molecule has 0 radical (unpaired) electrons. The van der Waals surface area contributed by atoms with E-state index in [9.17, 15) is 9.59 Å². The maximum Gasteiger partial charge on any atom is 0.338 e. The normalized spacial score (nSPS) is 10.2. The van der Waals surface area contributed by atoms with Crippen LogP contribution >= 0.6 is 11.8 Å². The van der Waals surface area contributed by atoms with Crippen LogP contribution in [0.4, 0.5) is 0 Å². The first-order valence-corrected chi connectivity index (χ1v) is 9.46. The number of carbonyl (C=O) groups is 2. The average Bonchev–Trinajstić information content (AvgIpc) is 2.71. The van der Waals surface area contributed by atoms with Crippen LogP contribution in [-0.4, -0.2) is 50.9 Å². The van der Waals surface area contributed by atoms with Gasteiger partial charge >= 0.3 is 5.97 Å². The molecule has 0 aliphatic heterocycles. The molecule has 0 fully saturated rings. The number of thioether (sulfide) groups is 1. The van der Waals surface area contributed by atoms with Crippen molar-refractivity contribution in [2.75, 3.05) is 34.1 Å². The molecular formula is C20H23NO5S. The predicted molar refractivity (Wildman–Crippen MR) is 105 cm³/mol. The summed E-state index contributed by atoms with van der Waals surface area (Å²) >= 11 is 1.66. The van der Waals surface area contributed by atoms with Gasteiger partial charge in [0.2, 0.25) is 0 Å². The molecule has 0 aromatic heterocycles. The Morgan fingerprint density at radius 2 is 1.59 bits per heavy atom. The molecule has 0 aliphatic rings. The van der Waals surface area contributed by atoms with Gasteiger partial charge < -0.3 is 19.1 Å². The molecule has 0 saturated heterocycles. The van der Waals surface area contributed by atoms with Gasteiger partial charge in [-0.05, 0) is 36.1 Å². The molecule has 6 nitrogen and oxygen atoms in total. The Morgan fingerprint density at radius 3 is 2.11 bits per heavy atom. The van der Waals surface area contributed by atoms with E-state index in [1.165, 1.54) is 31.3 Å². The number of hydrogen-bond acceptors (Lipinski definition) is 6. The van der Waals surface area contributed by atoms with Gasteiger partial charge in [0.1, 0.15) is 11.5 Å². The lowest BCUT2D eigenvalue weighted by Gasteiger charge is -2.17. The molecule has 0 unspecified atom stereocenters. The number of rotatable bonds is 8. The second-order valence-corrected chi connectivity index (χ2v) is 6.66. The summed E-state index contributed by atoms with van der Waals surface area (Å²) in [6.45, 7) is 0.107. The molecule has 0 saturated carbocycles. The van der Waals surface area contributed by atoms with Crippen molar-refractivity contribution in [3.63, 3.8) is 0 Å². The predicted octanol–water partition coefficient (Wildman–Crippen LogP) is 3.24. The van der Waals surface area contributed by atoms with Crippen molar-refractivity contribution in [2.24, 2.45) is 0 Å². The topological polar surface area (TPSA) is 65.1 Å². The van der Waals surface area contributed by atoms with E-state index < -0.39 is 5.97 Å². The van der Waals surface area contributed by atoms with Gasteiger partial charge in [-0.15, -0.1) is 11.8 Å². The highest BCUT2D eigenvalue weighted by atomic mass is 32.2. The molecule has 0 heterocycles. The van der Waals surface area contributed by atoms with Crippen molar-refractivity contribution in [1.82, 2.24) is 4.90 Å². The van der Waals surface area contributed by atoms with Crippen LogP contribution in [0, 0.1) is 0 Å². The van der Waals surface area contributed by atoms with Crippen LogP contribution < -0.4 is 9.47 Å². The van der Waals surface area contributed by atoms with Crippen molar-refractivity contribution in [2.45, 2.75) is 11.4 Å². The first-order valence-electron chi connectivity index (χ1n) is 8.24. The number of amides is 1. The molecule has 27 heavy (non-hydrogen) atoms. The van der Waals surface area contributed by atoms with Gasteiger partial charge in [0, 0.05) is 24.6 Å². The van der Waals surface area contributed by atoms with Crippen LogP contribution in [0.5, 0.6) is 11.5 Å². The van der Waals surface area contributed by atoms with Crippen molar-refractivity contribution in [3.05, 3.63) is 53.6 Å². The van der Waals surface area contributed by atoms with Gasteiger partial charge in [-0.2, -0.15) is 0 Å². The zero-order chi connectivity index (χ0) is 19.8. The SMILES string of the molecule is COc1cc(OC)cc(C(=O)OCC(=O)N(C)Cc2ccc(SC)cc2)c1. The highest BCUT2D eigenvalue weighted by Crippen LogP contribution is 2.23. The average molecular weight is 389 g/mol. The van der Waals surface area contributed by atoms with Crippen LogP contribution in [0.3, 0.4) is 0 Å². The first kappa shape index (κ1) is 20.6. The number of methoxy groups -OCH3 is 2. The Hall–Kier alpha value is -2.67. The lowest BCUT2D eigenvalue weighted by atomic mass is 10.2. The van der Waals surface area contributed by atoms with Crippen molar-refractivity contribution >= 4 is 23.6 Å². The molecule has 7 heteroatoms. The number of ether oxygens (including phenoxy) is 3. The molecular weight excluding hydrogens is 366 g/mol. The summed E-state index contributed by atoms with van der Waals surface area (Å²) in [6, 6.07) is 12.7. The van der Waals surface area contributed by atoms with Crippen molar-refractivity contribution < 1.29 is 23.8 Å². The Balaban J connectivity index is 1.92. The second kappa shape index (κ2) is 9.87. The third-order valence-corrected chi connectivity index (χ3v) is 4.66.